The summed E-state index contributed by atoms with van der Waals surface area (Å²) in [5, 5.41) is 47.4. The fourth-order valence-corrected chi connectivity index (χ4v) is 5.83. The first-order chi connectivity index (χ1) is 26.7. The first kappa shape index (κ1) is 41.6. The molecule has 4 rings (SSSR count). The van der Waals surface area contributed by atoms with Crippen LogP contribution in [0.4, 0.5) is 0 Å². The van der Waals surface area contributed by atoms with Crippen molar-refractivity contribution in [1.82, 2.24) is 25.1 Å². The minimum Gasteiger partial charge on any atom is -0.508 e. The van der Waals surface area contributed by atoms with Gasteiger partial charge in [-0.25, -0.2) is 9.59 Å². The minimum absolute atomic E-state index is 0.0351. The topological polar surface area (TPSA) is 294 Å². The summed E-state index contributed by atoms with van der Waals surface area (Å²) in [6.07, 6.45) is -0.671. The van der Waals surface area contributed by atoms with Crippen LogP contribution in [0.25, 0.3) is 0 Å². The molecule has 56 heavy (non-hydrogen) atoms. The molecule has 296 valence electrons. The number of phenolic OH excluding ortho intramolecular Hbond substituents is 1. The van der Waals surface area contributed by atoms with Crippen LogP contribution >= 0.6 is 0 Å². The maximum Gasteiger partial charge on any atom is 0.332 e. The molecule has 1 aromatic heterocycles. The highest BCUT2D eigenvalue weighted by Gasteiger charge is 2.31. The number of hydrogen-bond acceptors (Lipinski definition) is 9. The number of carbonyl (C=O) groups is 5. The third-order valence-corrected chi connectivity index (χ3v) is 8.62. The van der Waals surface area contributed by atoms with E-state index in [1.54, 1.807) is 48.5 Å². The molecule has 11 N–H and O–H groups in total. The molecule has 0 unspecified atom stereocenters. The Hall–Kier alpha value is -7.11. The van der Waals surface area contributed by atoms with E-state index in [-0.39, 0.29) is 48.9 Å². The van der Waals surface area contributed by atoms with Crippen LogP contribution in [0.3, 0.4) is 0 Å². The maximum atomic E-state index is 13.8. The molecular formula is C38H44N8O10. The van der Waals surface area contributed by atoms with Crippen LogP contribution in [0.2, 0.25) is 0 Å². The number of aromatic hydroxyl groups is 2. The lowest BCUT2D eigenvalue weighted by Crippen LogP contribution is -2.53. The van der Waals surface area contributed by atoms with Crippen molar-refractivity contribution in [3.8, 4) is 11.6 Å². The van der Waals surface area contributed by atoms with Gasteiger partial charge in [-0.05, 0) is 48.1 Å². The number of carboxylic acids is 2. The number of phenols is 1. The lowest BCUT2D eigenvalue weighted by atomic mass is 10.0. The lowest BCUT2D eigenvalue weighted by molar-refractivity contribution is -0.142. The first-order valence-electron chi connectivity index (χ1n) is 17.5. The van der Waals surface area contributed by atoms with Gasteiger partial charge < -0.3 is 47.8 Å². The quantitative estimate of drug-likeness (QED) is 0.0334. The van der Waals surface area contributed by atoms with Crippen LogP contribution in [0, 0.1) is 0 Å². The number of aliphatic imine (C=N–C) groups is 1. The second kappa shape index (κ2) is 19.8. The molecule has 18 nitrogen and oxygen atoms in total. The summed E-state index contributed by atoms with van der Waals surface area (Å²) in [6.45, 7) is -0.501. The zero-order valence-corrected chi connectivity index (χ0v) is 30.2. The average Bonchev–Trinajstić information content (AvgIpc) is 3.37. The van der Waals surface area contributed by atoms with E-state index in [9.17, 15) is 49.2 Å². The molecule has 3 atom stereocenters. The van der Waals surface area contributed by atoms with Gasteiger partial charge in [-0.3, -0.25) is 33.3 Å². The first-order valence-corrected chi connectivity index (χ1v) is 17.5. The zero-order chi connectivity index (χ0) is 40.8. The Morgan fingerprint density at radius 3 is 2.00 bits per heavy atom. The summed E-state index contributed by atoms with van der Waals surface area (Å²) in [7, 11) is 0. The molecule has 3 aromatic carbocycles. The number of amides is 3. The van der Waals surface area contributed by atoms with Crippen molar-refractivity contribution < 1.29 is 44.4 Å². The number of aliphatic carboxylic acids is 2. The Morgan fingerprint density at radius 1 is 0.750 bits per heavy atom. The molecule has 0 saturated heterocycles. The largest absolute Gasteiger partial charge is 0.508 e. The van der Waals surface area contributed by atoms with Crippen LogP contribution in [-0.4, -0.2) is 83.8 Å². The monoisotopic (exact) mass is 772 g/mol. The van der Waals surface area contributed by atoms with Crippen molar-refractivity contribution in [3.63, 3.8) is 0 Å². The number of benzene rings is 3. The van der Waals surface area contributed by atoms with Gasteiger partial charge in [0.15, 0.2) is 5.96 Å². The Labute approximate surface area is 320 Å². The highest BCUT2D eigenvalue weighted by Crippen LogP contribution is 2.20. The van der Waals surface area contributed by atoms with Gasteiger partial charge in [0.25, 0.3) is 0 Å². The fourth-order valence-electron chi connectivity index (χ4n) is 5.83. The van der Waals surface area contributed by atoms with Gasteiger partial charge in [0.2, 0.25) is 23.6 Å². The molecule has 0 fully saturated rings. The van der Waals surface area contributed by atoms with Crippen molar-refractivity contribution in [2.75, 3.05) is 6.54 Å². The standard InChI is InChI=1S/C38H44N8O10/c39-37(40)41-19-7-12-29-35(53)46(38(56)45(29)21-24-8-3-1-4-9-24)22-30(48)42-27(17-18-31(49)50)33(51)44-32(25-10-5-2-6-11-25)34(52)43-28(36(54)55)20-23-13-15-26(47)16-14-23/h1-6,8-11,13-16,27-28,32,47,53H,7,12,17-22H2,(H,42,48)(H,43,52)(H,44,51)(H,49,50)(H,54,55)(H4,39,40,41)/t27-,28+,32+/m1/s1. The number of nitrogens with one attached hydrogen (secondary N) is 3. The number of guanidine groups is 1. The molecule has 0 bridgehead atoms. The Morgan fingerprint density at radius 2 is 1.39 bits per heavy atom. The molecule has 0 aliphatic heterocycles. The lowest BCUT2D eigenvalue weighted by Gasteiger charge is -2.25. The number of nitrogens with two attached hydrogens (primary N) is 2. The number of rotatable bonds is 20. The number of hydrogen-bond donors (Lipinski definition) is 9. The van der Waals surface area contributed by atoms with Crippen molar-refractivity contribution >= 4 is 35.6 Å². The van der Waals surface area contributed by atoms with Gasteiger partial charge in [-0.1, -0.05) is 72.8 Å². The Kier molecular flexibility index (Phi) is 14.7. The molecule has 0 spiro atoms. The van der Waals surface area contributed by atoms with E-state index in [0.29, 0.717) is 12.0 Å². The molecular weight excluding hydrogens is 728 g/mol. The predicted molar refractivity (Wildman–Crippen MR) is 202 cm³/mol. The van der Waals surface area contributed by atoms with Gasteiger partial charge in [-0.15, -0.1) is 0 Å². The van der Waals surface area contributed by atoms with Crippen molar-refractivity contribution in [2.24, 2.45) is 16.5 Å². The van der Waals surface area contributed by atoms with E-state index < -0.39 is 78.7 Å². The number of carboxylic acid groups (broad SMARTS) is 2. The van der Waals surface area contributed by atoms with Crippen molar-refractivity contribution in [3.05, 3.63) is 118 Å². The van der Waals surface area contributed by atoms with Crippen LogP contribution in [-0.2, 0) is 49.9 Å². The van der Waals surface area contributed by atoms with Gasteiger partial charge in [-0.2, -0.15) is 0 Å². The second-order valence-corrected chi connectivity index (χ2v) is 12.8. The molecule has 18 heteroatoms. The fraction of sp³-hybridized carbons (Fsp3) is 0.289. The number of carbonyl (C=O) groups excluding carboxylic acids is 3. The highest BCUT2D eigenvalue weighted by molar-refractivity contribution is 5.94. The second-order valence-electron chi connectivity index (χ2n) is 12.8. The van der Waals surface area contributed by atoms with Crippen molar-refractivity contribution in [1.29, 1.82) is 0 Å². The molecule has 3 amide bonds. The van der Waals surface area contributed by atoms with E-state index >= 15 is 0 Å². The predicted octanol–water partition coefficient (Wildman–Crippen LogP) is 0.335. The Bertz CT molecular complexity index is 2080. The van der Waals surface area contributed by atoms with E-state index in [1.807, 2.05) is 0 Å². The van der Waals surface area contributed by atoms with Crippen LogP contribution in [0.1, 0.15) is 47.7 Å². The molecule has 4 aromatic rings. The SMILES string of the molecule is NC(N)=NCCCc1c(O)n(CC(=O)N[C@H](CCC(=O)O)C(=O)N[C@H](C(=O)N[C@@H](Cc2ccc(O)cc2)C(=O)O)c2ccccc2)c(=O)n1Cc1ccccc1. The van der Waals surface area contributed by atoms with Gasteiger partial charge in [0.05, 0.1) is 12.2 Å². The van der Waals surface area contributed by atoms with Crippen LogP contribution in [0.5, 0.6) is 11.6 Å². The average molecular weight is 773 g/mol. The molecule has 0 aliphatic rings. The van der Waals surface area contributed by atoms with Gasteiger partial charge in [0.1, 0.15) is 30.4 Å². The summed E-state index contributed by atoms with van der Waals surface area (Å²) in [6, 6.07) is 18.0. The van der Waals surface area contributed by atoms with E-state index in [2.05, 4.69) is 20.9 Å². The molecule has 0 radical (unpaired) electrons. The van der Waals surface area contributed by atoms with E-state index in [4.69, 9.17) is 11.5 Å². The molecule has 1 heterocycles. The van der Waals surface area contributed by atoms with Gasteiger partial charge in [0, 0.05) is 19.4 Å². The van der Waals surface area contributed by atoms with E-state index in [1.165, 1.54) is 41.0 Å². The summed E-state index contributed by atoms with van der Waals surface area (Å²) in [5.74, 6) is -6.15. The van der Waals surface area contributed by atoms with Crippen LogP contribution < -0.4 is 33.1 Å². The molecule has 0 aliphatic carbocycles. The zero-order valence-electron chi connectivity index (χ0n) is 30.2. The van der Waals surface area contributed by atoms with Crippen molar-refractivity contribution in [2.45, 2.75) is 63.3 Å². The minimum atomic E-state index is -1.55. The van der Waals surface area contributed by atoms with Gasteiger partial charge >= 0.3 is 17.6 Å². The number of aromatic nitrogens is 2. The third-order valence-electron chi connectivity index (χ3n) is 8.62. The smallest absolute Gasteiger partial charge is 0.332 e. The number of nitrogens with zero attached hydrogens (tertiary/aromatic N) is 3. The van der Waals surface area contributed by atoms with E-state index in [0.717, 1.165) is 10.1 Å². The van der Waals surface area contributed by atoms with Crippen LogP contribution in [0.15, 0.2) is 94.7 Å². The third kappa shape index (κ3) is 12.0. The highest BCUT2D eigenvalue weighted by atomic mass is 16.4. The maximum absolute atomic E-state index is 13.8. The summed E-state index contributed by atoms with van der Waals surface area (Å²) >= 11 is 0. The summed E-state index contributed by atoms with van der Waals surface area (Å²) in [4.78, 5) is 82.2. The summed E-state index contributed by atoms with van der Waals surface area (Å²) < 4.78 is 2.12. The molecule has 0 saturated carbocycles. The summed E-state index contributed by atoms with van der Waals surface area (Å²) in [5.41, 5.74) is 11.8. The number of imidazole rings is 1. The normalized spacial score (nSPS) is 12.4. The Balaban J connectivity index is 1.57.